The van der Waals surface area contributed by atoms with Crippen molar-refractivity contribution in [3.05, 3.63) is 72.8 Å². The minimum absolute atomic E-state index is 0.486. The minimum atomic E-state index is -0.503. The van der Waals surface area contributed by atoms with Gasteiger partial charge in [0.2, 0.25) is 0 Å². The third-order valence-electron chi connectivity index (χ3n) is 3.20. The van der Waals surface area contributed by atoms with E-state index in [1.54, 1.807) is 12.1 Å². The Bertz CT molecular complexity index is 806. The molecular weight excluding hydrogens is 400 g/mol. The second-order valence-corrected chi connectivity index (χ2v) is 9.37. The monoisotopic (exact) mass is 418 g/mol. The average Bonchev–Trinajstić information content (AvgIpc) is 2.64. The smallest absolute Gasteiger partial charge is 0.335 e. The third kappa shape index (κ3) is 6.53. The molecule has 0 fully saturated rings. The Hall–Kier alpha value is -2.09. The minimum Gasteiger partial charge on any atom is -0.422 e. The molecular formula is C20H18O4S3. The van der Waals surface area contributed by atoms with Crippen LogP contribution in [0.2, 0.25) is 0 Å². The molecule has 0 atom stereocenters. The molecule has 2 rings (SSSR count). The summed E-state index contributed by atoms with van der Waals surface area (Å²) in [5, 5.41) is 0. The summed E-state index contributed by atoms with van der Waals surface area (Å²) in [5.74, 6) is -0.0325. The van der Waals surface area contributed by atoms with Gasteiger partial charge in [-0.05, 0) is 80.7 Å². The van der Waals surface area contributed by atoms with E-state index in [9.17, 15) is 9.59 Å². The Morgan fingerprint density at radius 3 is 1.59 bits per heavy atom. The molecule has 0 saturated carbocycles. The molecule has 0 unspecified atom stereocenters. The van der Waals surface area contributed by atoms with Gasteiger partial charge in [0.25, 0.3) is 0 Å². The Labute approximate surface area is 170 Å². The normalized spacial score (nSPS) is 10.1. The van der Waals surface area contributed by atoms with Gasteiger partial charge in [-0.3, -0.25) is 0 Å². The first-order valence-corrected chi connectivity index (χ1v) is 11.3. The Morgan fingerprint density at radius 1 is 0.815 bits per heavy atom. The van der Waals surface area contributed by atoms with Gasteiger partial charge < -0.3 is 9.47 Å². The highest BCUT2D eigenvalue weighted by Crippen LogP contribution is 2.49. The van der Waals surface area contributed by atoms with Gasteiger partial charge in [0.15, 0.2) is 0 Å². The highest BCUT2D eigenvalue weighted by Gasteiger charge is 2.12. The van der Waals surface area contributed by atoms with Crippen molar-refractivity contribution < 1.29 is 19.1 Å². The van der Waals surface area contributed by atoms with E-state index in [4.69, 9.17) is 9.47 Å². The number of aryl methyl sites for hydroxylation is 2. The molecule has 140 valence electrons. The highest BCUT2D eigenvalue weighted by molar-refractivity contribution is 9.09. The first-order valence-electron chi connectivity index (χ1n) is 7.84. The maximum atomic E-state index is 11.5. The van der Waals surface area contributed by atoms with Crippen LogP contribution in [0.15, 0.2) is 71.5 Å². The van der Waals surface area contributed by atoms with Crippen LogP contribution < -0.4 is 9.47 Å². The van der Waals surface area contributed by atoms with Crippen molar-refractivity contribution in [2.24, 2.45) is 0 Å². The number of carbonyl (C=O) groups is 2. The summed E-state index contributed by atoms with van der Waals surface area (Å²) < 4.78 is 10.6. The first kappa shape index (κ1) is 21.2. The van der Waals surface area contributed by atoms with E-state index >= 15 is 0 Å². The molecule has 0 N–H and O–H groups in total. The van der Waals surface area contributed by atoms with Crippen molar-refractivity contribution in [1.29, 1.82) is 0 Å². The SMILES string of the molecule is C=CC(=O)Oc1cc(C)ccc1SSSc1ccc(C)cc1OC(=O)C=C. The summed E-state index contributed by atoms with van der Waals surface area (Å²) in [6.45, 7) is 10.7. The van der Waals surface area contributed by atoms with Gasteiger partial charge in [-0.15, -0.1) is 0 Å². The predicted molar refractivity (Wildman–Crippen MR) is 113 cm³/mol. The number of hydrogen-bond donors (Lipinski definition) is 0. The summed E-state index contributed by atoms with van der Waals surface area (Å²) in [6.07, 6.45) is 2.26. The fraction of sp³-hybridized carbons (Fsp3) is 0.100. The number of hydrogen-bond acceptors (Lipinski definition) is 7. The lowest BCUT2D eigenvalue weighted by Gasteiger charge is -2.11. The molecule has 0 amide bonds. The number of esters is 2. The number of ether oxygens (including phenoxy) is 2. The van der Waals surface area contributed by atoms with Crippen LogP contribution in [0.1, 0.15) is 11.1 Å². The summed E-state index contributed by atoms with van der Waals surface area (Å²) >= 11 is 0. The fourth-order valence-corrected chi connectivity index (χ4v) is 5.71. The van der Waals surface area contributed by atoms with E-state index < -0.39 is 11.9 Å². The van der Waals surface area contributed by atoms with Crippen LogP contribution in [-0.4, -0.2) is 11.9 Å². The van der Waals surface area contributed by atoms with Crippen LogP contribution in [-0.2, 0) is 9.59 Å². The standard InChI is InChI=1S/C20H18O4S3/c1-5-19(21)23-15-11-13(3)7-9-17(15)25-27-26-18-10-8-14(4)12-16(18)24-20(22)6-2/h5-12H,1-2H2,3-4H3. The molecule has 27 heavy (non-hydrogen) atoms. The zero-order chi connectivity index (χ0) is 19.8. The highest BCUT2D eigenvalue weighted by atomic mass is 33.5. The van der Waals surface area contributed by atoms with E-state index in [0.717, 1.165) is 33.1 Å². The molecule has 0 spiro atoms. The maximum absolute atomic E-state index is 11.5. The molecule has 7 heteroatoms. The molecule has 0 aromatic heterocycles. The zero-order valence-corrected chi connectivity index (χ0v) is 17.3. The van der Waals surface area contributed by atoms with Crippen molar-refractivity contribution in [3.63, 3.8) is 0 Å². The molecule has 0 bridgehead atoms. The van der Waals surface area contributed by atoms with Crippen molar-refractivity contribution >= 4 is 43.4 Å². The molecule has 0 aliphatic rings. The molecule has 4 nitrogen and oxygen atoms in total. The van der Waals surface area contributed by atoms with Crippen molar-refractivity contribution in [2.75, 3.05) is 0 Å². The number of carbonyl (C=O) groups excluding carboxylic acids is 2. The molecule has 0 heterocycles. The van der Waals surface area contributed by atoms with Crippen molar-refractivity contribution in [3.8, 4) is 11.5 Å². The molecule has 0 aliphatic heterocycles. The zero-order valence-electron chi connectivity index (χ0n) is 14.9. The maximum Gasteiger partial charge on any atom is 0.335 e. The van der Waals surface area contributed by atoms with Crippen molar-refractivity contribution in [2.45, 2.75) is 23.6 Å². The van der Waals surface area contributed by atoms with Gasteiger partial charge in [0, 0.05) is 12.2 Å². The van der Waals surface area contributed by atoms with E-state index in [2.05, 4.69) is 13.2 Å². The number of benzene rings is 2. The van der Waals surface area contributed by atoms with Crippen LogP contribution in [0.5, 0.6) is 11.5 Å². The van der Waals surface area contributed by atoms with E-state index in [0.29, 0.717) is 11.5 Å². The van der Waals surface area contributed by atoms with E-state index in [-0.39, 0.29) is 0 Å². The summed E-state index contributed by atoms with van der Waals surface area (Å²) in [6, 6.07) is 11.3. The number of rotatable bonds is 8. The van der Waals surface area contributed by atoms with Gasteiger partial charge in [-0.2, -0.15) is 0 Å². The van der Waals surface area contributed by atoms with Gasteiger partial charge in [-0.25, -0.2) is 9.59 Å². The average molecular weight is 419 g/mol. The van der Waals surface area contributed by atoms with Crippen LogP contribution in [0.25, 0.3) is 0 Å². The predicted octanol–water partition coefficient (Wildman–Crippen LogP) is 5.93. The molecule has 2 aromatic carbocycles. The fourth-order valence-electron chi connectivity index (χ4n) is 1.92. The Kier molecular flexibility index (Phi) is 8.09. The van der Waals surface area contributed by atoms with Crippen LogP contribution in [0.3, 0.4) is 0 Å². The lowest BCUT2D eigenvalue weighted by Crippen LogP contribution is -2.04. The molecule has 2 aromatic rings. The summed E-state index contributed by atoms with van der Waals surface area (Å²) in [7, 11) is 4.36. The van der Waals surface area contributed by atoms with Gasteiger partial charge in [-0.1, -0.05) is 25.3 Å². The van der Waals surface area contributed by atoms with Gasteiger partial charge >= 0.3 is 11.9 Å². The lowest BCUT2D eigenvalue weighted by molar-refractivity contribution is -0.130. The summed E-state index contributed by atoms with van der Waals surface area (Å²) in [5.41, 5.74) is 1.97. The quantitative estimate of drug-likeness (QED) is 0.228. The van der Waals surface area contributed by atoms with Gasteiger partial charge in [0.05, 0.1) is 9.79 Å². The Balaban J connectivity index is 2.10. The van der Waals surface area contributed by atoms with Gasteiger partial charge in [0.1, 0.15) is 11.5 Å². The molecule has 0 radical (unpaired) electrons. The van der Waals surface area contributed by atoms with E-state index in [1.165, 1.54) is 31.4 Å². The third-order valence-corrected chi connectivity index (χ3v) is 7.08. The molecule has 0 aliphatic carbocycles. The first-order chi connectivity index (χ1) is 12.9. The second kappa shape index (κ2) is 10.3. The lowest BCUT2D eigenvalue weighted by atomic mass is 10.2. The van der Waals surface area contributed by atoms with Crippen molar-refractivity contribution in [1.82, 2.24) is 0 Å². The van der Waals surface area contributed by atoms with E-state index in [1.807, 2.05) is 38.1 Å². The molecule has 0 saturated heterocycles. The Morgan fingerprint density at radius 2 is 1.22 bits per heavy atom. The summed E-state index contributed by atoms with van der Waals surface area (Å²) in [4.78, 5) is 24.7. The van der Waals surface area contributed by atoms with Crippen LogP contribution >= 0.6 is 31.4 Å². The topological polar surface area (TPSA) is 52.6 Å². The second-order valence-electron chi connectivity index (χ2n) is 5.39. The largest absolute Gasteiger partial charge is 0.422 e. The van der Waals surface area contributed by atoms with Crippen LogP contribution in [0.4, 0.5) is 0 Å². The van der Waals surface area contributed by atoms with Crippen LogP contribution in [0, 0.1) is 13.8 Å².